The number of carboxylic acid groups (broad SMARTS) is 3. The summed E-state index contributed by atoms with van der Waals surface area (Å²) in [6.07, 6.45) is -1.95. The number of hydroxylamine groups is 4. The number of thioether (sulfide) groups is 1. The molecule has 113 heavy (non-hydrogen) atoms. The molecule has 42 heteroatoms. The number of Topliss-reactive ketones (excluding diaryl/α,β-unsaturated/α-hetero) is 2. The monoisotopic (exact) mass is 1590 g/mol. The number of nitro groups is 1. The molecule has 6 heterocycles. The topological polar surface area (TPSA) is 593 Å². The first-order valence-corrected chi connectivity index (χ1v) is 36.5. The number of nitro benzene ring substituents is 1. The Morgan fingerprint density at radius 3 is 2.06 bits per heavy atom. The van der Waals surface area contributed by atoms with Crippen molar-refractivity contribution in [3.8, 4) is 11.5 Å². The maximum Gasteiger partial charge on any atom is 0.363 e. The van der Waals surface area contributed by atoms with Crippen molar-refractivity contribution < 1.29 is 126 Å². The van der Waals surface area contributed by atoms with Crippen molar-refractivity contribution in [3.05, 3.63) is 105 Å². The number of ketones is 2. The molecule has 0 saturated carbocycles. The van der Waals surface area contributed by atoms with E-state index in [1.807, 2.05) is 0 Å². The van der Waals surface area contributed by atoms with Gasteiger partial charge in [0.15, 0.2) is 29.7 Å². The standard InChI is InChI=1S/C71H82N14O27S/c1-35-10-17-57(90)83(35)112-70(105)38-13-11-37(12-14-38)29-73-31-42-16-15-39(30-74-42)66(101)79-45(27-62(97)98)69(104)82-20-6-7-48(82)51(87)22-41(24-63(99)111-84-58(91)18-19-59(84)92)67(102)76-36(2)43-25-52(109-3)53(28-49(43)85(107)108)110-33-56(89)77-46(32-75-55(88)9-5-4-8-54-64-47(34-113-54)80-71(106)81-64)68(103)78-44(26-61(95)96)50(86)21-40(65(72)100)23-60(93)94/h11-16,25,28-30,36,40-41,44-48,54,64H,1,4-10,17-24,26-27,31-34H2,2-3H3,(H2,72,100)(H,75,88)(H,76,102)(H,77,89)(H,78,103)(H,79,101)(H,93,94)(H,95,96)(H,97,98)(H2,80,81,106). The number of rotatable bonds is 42. The van der Waals surface area contributed by atoms with Crippen molar-refractivity contribution in [2.75, 3.05) is 32.6 Å². The van der Waals surface area contributed by atoms with Gasteiger partial charge in [0.05, 0.1) is 120 Å². The average molecular weight is 1600 g/mol. The van der Waals surface area contributed by atoms with Crippen LogP contribution >= 0.6 is 11.8 Å². The molecule has 0 aliphatic carbocycles. The van der Waals surface area contributed by atoms with Crippen LogP contribution in [0.25, 0.3) is 0 Å². The van der Waals surface area contributed by atoms with Gasteiger partial charge >= 0.3 is 35.9 Å². The third-order valence-corrected chi connectivity index (χ3v) is 20.2. The number of primary amides is 1. The predicted molar refractivity (Wildman–Crippen MR) is 385 cm³/mol. The number of nitrogens with zero attached hydrogens (tertiary/aromatic N) is 6. The second kappa shape index (κ2) is 39.7. The number of urea groups is 1. The number of unbranched alkanes of at least 4 members (excludes halogenated alkanes) is 1. The number of fused-ring (bicyclic) bond motifs is 1. The lowest BCUT2D eigenvalue weighted by atomic mass is 9.93. The Morgan fingerprint density at radius 1 is 0.752 bits per heavy atom. The minimum Gasteiger partial charge on any atom is -0.493 e. The van der Waals surface area contributed by atoms with Crippen LogP contribution in [-0.2, 0) is 88.1 Å². The highest BCUT2D eigenvalue weighted by Gasteiger charge is 2.45. The molecule has 5 fully saturated rings. The number of ether oxygens (including phenoxy) is 2. The van der Waals surface area contributed by atoms with Gasteiger partial charge in [-0.1, -0.05) is 25.1 Å². The van der Waals surface area contributed by atoms with Crippen molar-refractivity contribution >= 4 is 130 Å². The molecule has 5 aliphatic heterocycles. The molecule has 0 bridgehead atoms. The summed E-state index contributed by atoms with van der Waals surface area (Å²) in [4.78, 5) is 266. The Labute approximate surface area is 646 Å². The fraction of sp³-hybridized carbons (Fsp3) is 0.465. The number of hydrogen-bond donors (Lipinski definition) is 11. The number of hydrogen-bond acceptors (Lipinski definition) is 27. The van der Waals surface area contributed by atoms with Crippen molar-refractivity contribution in [2.45, 2.75) is 164 Å². The molecule has 0 spiro atoms. The zero-order chi connectivity index (χ0) is 82.5. The molecule has 12 N–H and O–H groups in total. The van der Waals surface area contributed by atoms with Crippen LogP contribution in [0.15, 0.2) is 72.0 Å². The van der Waals surface area contributed by atoms with E-state index in [0.29, 0.717) is 48.4 Å². The minimum absolute atomic E-state index is 0.00403. The highest BCUT2D eigenvalue weighted by molar-refractivity contribution is 8.00. The summed E-state index contributed by atoms with van der Waals surface area (Å²) >= 11 is 1.66. The van der Waals surface area contributed by atoms with Gasteiger partial charge < -0.3 is 82.3 Å². The minimum atomic E-state index is -1.95. The van der Waals surface area contributed by atoms with Crippen LogP contribution < -0.4 is 52.4 Å². The number of pyridine rings is 1. The summed E-state index contributed by atoms with van der Waals surface area (Å²) in [7, 11) is 1.07. The van der Waals surface area contributed by atoms with Gasteiger partial charge in [0, 0.05) is 75.0 Å². The highest BCUT2D eigenvalue weighted by Crippen LogP contribution is 2.39. The van der Waals surface area contributed by atoms with Gasteiger partial charge in [0.25, 0.3) is 35.2 Å². The Morgan fingerprint density at radius 2 is 1.42 bits per heavy atom. The van der Waals surface area contributed by atoms with Gasteiger partial charge in [-0.15, -0.1) is 10.1 Å². The second-order valence-electron chi connectivity index (χ2n) is 26.8. The van der Waals surface area contributed by atoms with E-state index in [1.54, 1.807) is 23.9 Å². The maximum atomic E-state index is 14.5. The number of nitrogens with one attached hydrogen (secondary N) is 7. The molecule has 3 aromatic rings. The number of benzene rings is 2. The third kappa shape index (κ3) is 24.1. The van der Waals surface area contributed by atoms with Crippen molar-refractivity contribution in [3.63, 3.8) is 0 Å². The maximum absolute atomic E-state index is 14.5. The van der Waals surface area contributed by atoms with Gasteiger partial charge in [-0.25, -0.2) is 14.4 Å². The van der Waals surface area contributed by atoms with Gasteiger partial charge in [-0.2, -0.15) is 11.8 Å². The Balaban J connectivity index is 0.924. The number of aliphatic carboxylic acids is 3. The van der Waals surface area contributed by atoms with E-state index < -0.39 is 211 Å². The first kappa shape index (κ1) is 85.8. The average Bonchev–Trinajstić information content (AvgIpc) is 1.59. The number of allylic oxidation sites excluding steroid dienone is 1. The van der Waals surface area contributed by atoms with Crippen molar-refractivity contribution in [1.82, 2.24) is 57.2 Å². The zero-order valence-corrected chi connectivity index (χ0v) is 61.7. The lowest BCUT2D eigenvalue weighted by Gasteiger charge is -2.29. The van der Waals surface area contributed by atoms with Gasteiger partial charge in [0.2, 0.25) is 29.5 Å². The molecule has 1 aromatic heterocycles. The van der Waals surface area contributed by atoms with E-state index >= 15 is 0 Å². The molecule has 12 amide bonds. The number of methoxy groups -OCH3 is 1. The van der Waals surface area contributed by atoms with Gasteiger partial charge in [-0.05, 0) is 74.9 Å². The molecular formula is C71H82N14O27S. The smallest absolute Gasteiger partial charge is 0.363 e. The third-order valence-electron chi connectivity index (χ3n) is 18.6. The number of amides is 12. The number of nitrogens with two attached hydrogens (primary N) is 1. The van der Waals surface area contributed by atoms with Crippen molar-refractivity contribution in [2.24, 2.45) is 22.6 Å². The van der Waals surface area contributed by atoms with Crippen LogP contribution in [0.1, 0.15) is 153 Å². The van der Waals surface area contributed by atoms with Crippen LogP contribution in [0.2, 0.25) is 0 Å². The Hall–Kier alpha value is -12.8. The summed E-state index contributed by atoms with van der Waals surface area (Å²) in [5.74, 6) is -22.2. The number of likely N-dealkylation sites (tertiary alicyclic amines) is 1. The number of carboxylic acids is 3. The Kier molecular flexibility index (Phi) is 30.2. The number of aromatic nitrogens is 1. The molecule has 41 nitrogen and oxygen atoms in total. The summed E-state index contributed by atoms with van der Waals surface area (Å²) in [5, 5.41) is 60.4. The van der Waals surface area contributed by atoms with Crippen LogP contribution in [0.5, 0.6) is 11.5 Å². The molecule has 5 saturated heterocycles. The molecule has 2 aromatic carbocycles. The summed E-state index contributed by atoms with van der Waals surface area (Å²) < 4.78 is 11.1. The summed E-state index contributed by atoms with van der Waals surface area (Å²) in [5.41, 5.74) is 5.49. The van der Waals surface area contributed by atoms with E-state index in [2.05, 4.69) is 53.8 Å². The van der Waals surface area contributed by atoms with E-state index in [9.17, 15) is 112 Å². The fourth-order valence-corrected chi connectivity index (χ4v) is 14.3. The predicted octanol–water partition coefficient (Wildman–Crippen LogP) is 0.0401. The van der Waals surface area contributed by atoms with Crippen LogP contribution in [0.4, 0.5) is 10.5 Å². The fourth-order valence-electron chi connectivity index (χ4n) is 12.8. The quantitative estimate of drug-likeness (QED) is 0.00891. The molecule has 8 rings (SSSR count). The van der Waals surface area contributed by atoms with E-state index in [1.165, 1.54) is 37.4 Å². The first-order chi connectivity index (χ1) is 53.7. The normalized spacial score (nSPS) is 18.6. The summed E-state index contributed by atoms with van der Waals surface area (Å²) in [6, 6.07) is 1.75. The SMILES string of the molecule is C=C1CCC(=O)N1OC(=O)c1ccc(C=NCc2ccc(C(=O)NC(CC(=O)O)C(=O)N3CCCC3C(=O)CC(CC(=O)ON3C(=O)CCC3=O)C(=O)NC(C)c3cc(OC)c(OCC(=O)NC(CNC(=O)CCCCC4SCC5NC(=O)NC54)C(=O)NC(CC(=O)O)C(=O)CC(CC(=O)O)C(N)=O)cc3[N+](=O)[O-])cn2)cc1. The molecule has 5 aliphatic rings. The van der Waals surface area contributed by atoms with Gasteiger partial charge in [-0.3, -0.25) is 92.0 Å². The van der Waals surface area contributed by atoms with E-state index in [0.717, 1.165) is 35.4 Å². The van der Waals surface area contributed by atoms with Crippen LogP contribution in [0.3, 0.4) is 0 Å². The number of carbonyl (C=O) groups excluding carboxylic acids is 15. The van der Waals surface area contributed by atoms with Crippen LogP contribution in [-0.4, -0.2) is 227 Å². The lowest BCUT2D eigenvalue weighted by Crippen LogP contribution is -2.56. The van der Waals surface area contributed by atoms with Crippen LogP contribution in [0, 0.1) is 22.0 Å². The van der Waals surface area contributed by atoms with E-state index in [4.69, 9.17) is 24.9 Å². The molecule has 10 unspecified atom stereocenters. The van der Waals surface area contributed by atoms with Crippen molar-refractivity contribution in [1.29, 1.82) is 0 Å². The number of imide groups is 1. The lowest BCUT2D eigenvalue weighted by molar-refractivity contribution is -0.385. The largest absolute Gasteiger partial charge is 0.493 e. The number of aliphatic imine (C=N–C) groups is 1. The first-order valence-electron chi connectivity index (χ1n) is 35.5. The van der Waals surface area contributed by atoms with Gasteiger partial charge in [0.1, 0.15) is 12.1 Å². The number of carbonyl (C=O) groups is 18. The highest BCUT2D eigenvalue weighted by atomic mass is 32.2. The Bertz CT molecular complexity index is 4280. The second-order valence-corrected chi connectivity index (χ2v) is 28.1. The zero-order valence-electron chi connectivity index (χ0n) is 60.9. The molecule has 10 atom stereocenters. The molecular weight excluding hydrogens is 1510 g/mol. The summed E-state index contributed by atoms with van der Waals surface area (Å²) in [6.45, 7) is 2.97. The van der Waals surface area contributed by atoms with E-state index in [-0.39, 0.29) is 102 Å². The molecule has 604 valence electrons. The molecule has 0 radical (unpaired) electrons.